The van der Waals surface area contributed by atoms with Gasteiger partial charge in [-0.25, -0.2) is 4.68 Å². The second-order valence-electron chi connectivity index (χ2n) is 3.93. The van der Waals surface area contributed by atoms with Gasteiger partial charge in [0.25, 0.3) is 5.56 Å². The molecule has 0 amide bonds. The minimum atomic E-state index is 0.0342. The van der Waals surface area contributed by atoms with Crippen LogP contribution < -0.4 is 5.56 Å². The summed E-state index contributed by atoms with van der Waals surface area (Å²) in [6.45, 7) is 4.17. The van der Waals surface area contributed by atoms with Crippen molar-refractivity contribution in [1.29, 1.82) is 0 Å². The van der Waals surface area contributed by atoms with Gasteiger partial charge in [0, 0.05) is 6.07 Å². The maximum absolute atomic E-state index is 11.4. The Morgan fingerprint density at radius 1 is 1.46 bits per heavy atom. The Kier molecular flexibility index (Phi) is 1.94. The number of nitrogens with zero attached hydrogens (tertiary/aromatic N) is 2. The van der Waals surface area contributed by atoms with E-state index in [0.29, 0.717) is 12.0 Å². The summed E-state index contributed by atoms with van der Waals surface area (Å²) in [6, 6.07) is 3.83. The second-order valence-corrected chi connectivity index (χ2v) is 3.93. The molecule has 1 aromatic heterocycles. The largest absolute Gasteiger partial charge is 0.268 e. The zero-order valence-corrected chi connectivity index (χ0v) is 8.03. The highest BCUT2D eigenvalue weighted by molar-refractivity contribution is 5.05. The Hall–Kier alpha value is -1.12. The van der Waals surface area contributed by atoms with Crippen LogP contribution in [0.15, 0.2) is 16.9 Å². The predicted molar refractivity (Wildman–Crippen MR) is 50.9 cm³/mol. The minimum absolute atomic E-state index is 0.0342. The van der Waals surface area contributed by atoms with Crippen LogP contribution in [-0.2, 0) is 0 Å². The van der Waals surface area contributed by atoms with E-state index in [1.165, 1.54) is 0 Å². The first-order chi connectivity index (χ1) is 6.18. The molecule has 0 spiro atoms. The molecule has 1 aliphatic rings. The van der Waals surface area contributed by atoms with Gasteiger partial charge in [0.05, 0.1) is 11.7 Å². The lowest BCUT2D eigenvalue weighted by Gasteiger charge is -2.07. The summed E-state index contributed by atoms with van der Waals surface area (Å²) >= 11 is 0. The first-order valence-electron chi connectivity index (χ1n) is 4.78. The van der Waals surface area contributed by atoms with Crippen LogP contribution in [0.25, 0.3) is 0 Å². The molecule has 70 valence electrons. The van der Waals surface area contributed by atoms with Crippen LogP contribution in [0.1, 0.15) is 44.3 Å². The Labute approximate surface area is 77.4 Å². The van der Waals surface area contributed by atoms with Gasteiger partial charge in [-0.15, -0.1) is 0 Å². The third kappa shape index (κ3) is 1.64. The average molecular weight is 178 g/mol. The van der Waals surface area contributed by atoms with Gasteiger partial charge in [-0.2, -0.15) is 5.10 Å². The summed E-state index contributed by atoms with van der Waals surface area (Å²) < 4.78 is 1.63. The molecule has 3 nitrogen and oxygen atoms in total. The number of hydrogen-bond donors (Lipinski definition) is 0. The molecule has 0 saturated heterocycles. The SMILES string of the molecule is CC(C)c1ccc(=O)n(C2CC2)n1. The van der Waals surface area contributed by atoms with Crippen molar-refractivity contribution in [3.8, 4) is 0 Å². The molecule has 0 unspecified atom stereocenters. The van der Waals surface area contributed by atoms with E-state index < -0.39 is 0 Å². The van der Waals surface area contributed by atoms with Crippen LogP contribution in [0.4, 0.5) is 0 Å². The van der Waals surface area contributed by atoms with E-state index in [-0.39, 0.29) is 5.56 Å². The van der Waals surface area contributed by atoms with Gasteiger partial charge in [0.1, 0.15) is 0 Å². The third-order valence-corrected chi connectivity index (χ3v) is 2.33. The fourth-order valence-electron chi connectivity index (χ4n) is 1.33. The fraction of sp³-hybridized carbons (Fsp3) is 0.600. The van der Waals surface area contributed by atoms with E-state index in [2.05, 4.69) is 18.9 Å². The summed E-state index contributed by atoms with van der Waals surface area (Å²) in [5, 5.41) is 4.34. The Balaban J connectivity index is 2.42. The van der Waals surface area contributed by atoms with E-state index in [0.717, 1.165) is 18.5 Å². The number of hydrogen-bond acceptors (Lipinski definition) is 2. The highest BCUT2D eigenvalue weighted by Crippen LogP contribution is 2.32. The van der Waals surface area contributed by atoms with Crippen LogP contribution in [0.2, 0.25) is 0 Å². The van der Waals surface area contributed by atoms with Gasteiger partial charge in [-0.3, -0.25) is 4.79 Å². The second kappa shape index (κ2) is 2.98. The van der Waals surface area contributed by atoms with Gasteiger partial charge < -0.3 is 0 Å². The summed E-state index contributed by atoms with van der Waals surface area (Å²) in [4.78, 5) is 11.4. The van der Waals surface area contributed by atoms with Crippen molar-refractivity contribution in [2.75, 3.05) is 0 Å². The quantitative estimate of drug-likeness (QED) is 0.691. The van der Waals surface area contributed by atoms with Crippen molar-refractivity contribution in [3.63, 3.8) is 0 Å². The molecule has 0 aromatic carbocycles. The van der Waals surface area contributed by atoms with Gasteiger partial charge in [-0.05, 0) is 24.8 Å². The van der Waals surface area contributed by atoms with Gasteiger partial charge in [0.15, 0.2) is 0 Å². The molecule has 1 saturated carbocycles. The molecular formula is C10H14N2O. The van der Waals surface area contributed by atoms with Crippen LogP contribution in [0.3, 0.4) is 0 Å². The standard InChI is InChI=1S/C10H14N2O/c1-7(2)9-5-6-10(13)12(11-9)8-3-4-8/h5-8H,3-4H2,1-2H3. The van der Waals surface area contributed by atoms with Crippen LogP contribution >= 0.6 is 0 Å². The third-order valence-electron chi connectivity index (χ3n) is 2.33. The molecule has 0 aliphatic heterocycles. The van der Waals surface area contributed by atoms with Crippen molar-refractivity contribution >= 4 is 0 Å². The van der Waals surface area contributed by atoms with Crippen LogP contribution in [0.5, 0.6) is 0 Å². The Morgan fingerprint density at radius 2 is 2.15 bits per heavy atom. The lowest BCUT2D eigenvalue weighted by Crippen LogP contribution is -2.22. The molecule has 1 heterocycles. The molecule has 0 atom stereocenters. The summed E-state index contributed by atoms with van der Waals surface area (Å²) in [6.07, 6.45) is 2.21. The molecule has 0 radical (unpaired) electrons. The number of aromatic nitrogens is 2. The molecule has 2 rings (SSSR count). The minimum Gasteiger partial charge on any atom is -0.268 e. The molecule has 1 aliphatic carbocycles. The normalized spacial score (nSPS) is 16.5. The zero-order valence-electron chi connectivity index (χ0n) is 8.03. The topological polar surface area (TPSA) is 34.9 Å². The molecule has 1 fully saturated rings. The molecule has 0 bridgehead atoms. The van der Waals surface area contributed by atoms with Gasteiger partial charge in [-0.1, -0.05) is 13.8 Å². The van der Waals surface area contributed by atoms with E-state index in [9.17, 15) is 4.79 Å². The lowest BCUT2D eigenvalue weighted by atomic mass is 10.1. The maximum atomic E-state index is 11.4. The Bertz CT molecular complexity index is 363. The van der Waals surface area contributed by atoms with Crippen LogP contribution in [-0.4, -0.2) is 9.78 Å². The van der Waals surface area contributed by atoms with E-state index in [1.54, 1.807) is 10.7 Å². The van der Waals surface area contributed by atoms with E-state index in [4.69, 9.17) is 0 Å². The first-order valence-corrected chi connectivity index (χ1v) is 4.78. The summed E-state index contributed by atoms with van der Waals surface area (Å²) in [5.74, 6) is 0.394. The fourth-order valence-corrected chi connectivity index (χ4v) is 1.33. The number of rotatable bonds is 2. The molecule has 0 N–H and O–H groups in total. The van der Waals surface area contributed by atoms with Gasteiger partial charge >= 0.3 is 0 Å². The predicted octanol–water partition coefficient (Wildman–Crippen LogP) is 1.70. The lowest BCUT2D eigenvalue weighted by molar-refractivity contribution is 0.571. The highest BCUT2D eigenvalue weighted by Gasteiger charge is 2.25. The summed E-state index contributed by atoms with van der Waals surface area (Å²) in [7, 11) is 0. The molecule has 3 heteroatoms. The van der Waals surface area contributed by atoms with Gasteiger partial charge in [0.2, 0.25) is 0 Å². The van der Waals surface area contributed by atoms with Crippen molar-refractivity contribution in [2.45, 2.75) is 38.6 Å². The summed E-state index contributed by atoms with van der Waals surface area (Å²) in [5.41, 5.74) is 1.04. The monoisotopic (exact) mass is 178 g/mol. The van der Waals surface area contributed by atoms with Crippen molar-refractivity contribution in [1.82, 2.24) is 9.78 Å². The van der Waals surface area contributed by atoms with Crippen molar-refractivity contribution in [2.24, 2.45) is 0 Å². The highest BCUT2D eigenvalue weighted by atomic mass is 16.1. The van der Waals surface area contributed by atoms with Crippen molar-refractivity contribution < 1.29 is 0 Å². The van der Waals surface area contributed by atoms with Crippen molar-refractivity contribution in [3.05, 3.63) is 28.2 Å². The molecule has 1 aromatic rings. The average Bonchev–Trinajstić information content (AvgIpc) is 2.87. The smallest absolute Gasteiger partial charge is 0.267 e. The van der Waals surface area contributed by atoms with E-state index >= 15 is 0 Å². The zero-order chi connectivity index (χ0) is 9.42. The van der Waals surface area contributed by atoms with E-state index in [1.807, 2.05) is 6.07 Å². The molecule has 13 heavy (non-hydrogen) atoms. The maximum Gasteiger partial charge on any atom is 0.267 e. The molecular weight excluding hydrogens is 164 g/mol. The first kappa shape index (κ1) is 8.48. The Morgan fingerprint density at radius 3 is 2.69 bits per heavy atom. The van der Waals surface area contributed by atoms with Crippen LogP contribution in [0, 0.1) is 0 Å².